The van der Waals surface area contributed by atoms with E-state index in [1.807, 2.05) is 0 Å². The molecule has 1 aliphatic rings. The summed E-state index contributed by atoms with van der Waals surface area (Å²) in [6.07, 6.45) is 0. The predicted octanol–water partition coefficient (Wildman–Crippen LogP) is 2.92. The fourth-order valence-electron chi connectivity index (χ4n) is 2.96. The van der Waals surface area contributed by atoms with Crippen LogP contribution >= 0.6 is 0 Å². The van der Waals surface area contributed by atoms with Crippen LogP contribution in [0.4, 0.5) is 17.6 Å². The molecule has 6 nitrogen and oxygen atoms in total. The highest BCUT2D eigenvalue weighted by molar-refractivity contribution is 6.08. The Kier molecular flexibility index (Phi) is 5.12. The molecule has 0 saturated carbocycles. The van der Waals surface area contributed by atoms with E-state index in [0.717, 1.165) is 4.90 Å². The first-order valence-electron chi connectivity index (χ1n) is 7.98. The average molecular weight is 397 g/mol. The lowest BCUT2D eigenvalue weighted by molar-refractivity contribution is -0.129. The minimum Gasteiger partial charge on any atom is -0.435 e. The number of halogens is 4. The van der Waals surface area contributed by atoms with Crippen LogP contribution in [-0.2, 0) is 10.3 Å². The maximum atomic E-state index is 13.0. The first-order chi connectivity index (χ1) is 13.2. The minimum absolute atomic E-state index is 0.0851. The molecule has 0 aromatic heterocycles. The smallest absolute Gasteiger partial charge is 0.387 e. The molecule has 0 unspecified atom stereocenters. The lowest BCUT2D eigenvalue weighted by atomic mass is 9.82. The van der Waals surface area contributed by atoms with Crippen LogP contribution in [0.3, 0.4) is 0 Å². The van der Waals surface area contributed by atoms with E-state index in [-0.39, 0.29) is 23.0 Å². The summed E-state index contributed by atoms with van der Waals surface area (Å²) in [5.74, 6) is -0.903. The van der Waals surface area contributed by atoms with E-state index in [1.165, 1.54) is 55.6 Å². The second-order valence-electron chi connectivity index (χ2n) is 5.85. The zero-order valence-electron chi connectivity index (χ0n) is 14.5. The molecule has 1 amide bonds. The fourth-order valence-corrected chi connectivity index (χ4v) is 2.96. The molecule has 0 bridgehead atoms. The number of benzene rings is 2. The van der Waals surface area contributed by atoms with Crippen molar-refractivity contribution in [1.82, 2.24) is 4.90 Å². The van der Waals surface area contributed by atoms with Gasteiger partial charge in [0.05, 0.1) is 0 Å². The molecule has 0 radical (unpaired) electrons. The van der Waals surface area contributed by atoms with Crippen LogP contribution in [0.25, 0.3) is 0 Å². The average Bonchev–Trinajstić information content (AvgIpc) is 2.86. The number of aliphatic imine (C=N–C) groups is 1. The summed E-state index contributed by atoms with van der Waals surface area (Å²) in [5.41, 5.74) is 4.66. The largest absolute Gasteiger partial charge is 0.435 e. The number of guanidine groups is 1. The molecule has 148 valence electrons. The van der Waals surface area contributed by atoms with Crippen molar-refractivity contribution in [3.63, 3.8) is 0 Å². The van der Waals surface area contributed by atoms with Crippen molar-refractivity contribution in [2.24, 2.45) is 10.7 Å². The van der Waals surface area contributed by atoms with Gasteiger partial charge in [-0.2, -0.15) is 17.6 Å². The van der Waals surface area contributed by atoms with Gasteiger partial charge in [-0.3, -0.25) is 9.69 Å². The number of alkyl halides is 4. The van der Waals surface area contributed by atoms with Gasteiger partial charge in [-0.05, 0) is 35.4 Å². The van der Waals surface area contributed by atoms with Gasteiger partial charge >= 0.3 is 13.2 Å². The molecule has 10 heteroatoms. The monoisotopic (exact) mass is 397 g/mol. The van der Waals surface area contributed by atoms with Crippen LogP contribution < -0.4 is 15.2 Å². The van der Waals surface area contributed by atoms with E-state index >= 15 is 0 Å². The first-order valence-corrected chi connectivity index (χ1v) is 7.98. The van der Waals surface area contributed by atoms with Gasteiger partial charge in [0, 0.05) is 7.05 Å². The Bertz CT molecular complexity index is 905. The van der Waals surface area contributed by atoms with E-state index in [9.17, 15) is 22.4 Å². The van der Waals surface area contributed by atoms with E-state index in [4.69, 9.17) is 5.73 Å². The topological polar surface area (TPSA) is 77.2 Å². The predicted molar refractivity (Wildman–Crippen MR) is 91.3 cm³/mol. The maximum absolute atomic E-state index is 13.0. The third-order valence-electron chi connectivity index (χ3n) is 4.21. The molecular weight excluding hydrogens is 382 g/mol. The third-order valence-corrected chi connectivity index (χ3v) is 4.21. The number of nitrogens with two attached hydrogens (primary N) is 1. The van der Waals surface area contributed by atoms with Gasteiger partial charge in [-0.15, -0.1) is 0 Å². The zero-order valence-corrected chi connectivity index (χ0v) is 14.5. The molecule has 2 aromatic rings. The van der Waals surface area contributed by atoms with Crippen LogP contribution in [0.2, 0.25) is 0 Å². The number of carbonyl (C=O) groups excluding carboxylic acids is 1. The normalized spacial score (nSPS) is 19.3. The number of nitrogens with zero attached hydrogens (tertiary/aromatic N) is 2. The van der Waals surface area contributed by atoms with Crippen LogP contribution in [-0.4, -0.2) is 37.0 Å². The highest BCUT2D eigenvalue weighted by Gasteiger charge is 2.49. The number of ether oxygens (including phenoxy) is 2. The summed E-state index contributed by atoms with van der Waals surface area (Å²) in [6.45, 7) is -6.05. The van der Waals surface area contributed by atoms with E-state index in [0.29, 0.717) is 5.56 Å². The number of amides is 1. The number of likely N-dealkylation sites (N-methyl/N-ethyl adjacent to an activating group) is 1. The van der Waals surface area contributed by atoms with Crippen molar-refractivity contribution < 1.29 is 31.8 Å². The molecule has 0 spiro atoms. The molecule has 2 aromatic carbocycles. The molecule has 0 saturated heterocycles. The Morgan fingerprint density at radius 3 is 2.11 bits per heavy atom. The summed E-state index contributed by atoms with van der Waals surface area (Å²) in [6, 6.07) is 10.8. The van der Waals surface area contributed by atoms with Crippen molar-refractivity contribution in [2.75, 3.05) is 7.05 Å². The standard InChI is InChI=1S/C18H15F4N3O3/c1-25-14(26)18(24-17(25)23,10-5-7-12(8-6-10)27-15(19)20)11-3-2-4-13(9-11)28-16(21)22/h2-9,15-16H,1H3,(H2,23,24)/t18-/m1/s1. The maximum Gasteiger partial charge on any atom is 0.387 e. The third kappa shape index (κ3) is 3.45. The molecule has 2 N–H and O–H groups in total. The van der Waals surface area contributed by atoms with E-state index in [1.54, 1.807) is 0 Å². The Balaban J connectivity index is 2.12. The molecular formula is C18H15F4N3O3. The van der Waals surface area contributed by atoms with Gasteiger partial charge < -0.3 is 15.2 Å². The van der Waals surface area contributed by atoms with Gasteiger partial charge in [-0.1, -0.05) is 24.3 Å². The van der Waals surface area contributed by atoms with Gasteiger partial charge in [0.25, 0.3) is 5.91 Å². The first kappa shape index (κ1) is 19.5. The fraction of sp³-hybridized carbons (Fsp3) is 0.222. The summed E-state index contributed by atoms with van der Waals surface area (Å²) in [7, 11) is 1.41. The second-order valence-corrected chi connectivity index (χ2v) is 5.85. The van der Waals surface area contributed by atoms with Gasteiger partial charge in [0.15, 0.2) is 11.5 Å². The van der Waals surface area contributed by atoms with Crippen LogP contribution in [0.5, 0.6) is 11.5 Å². The van der Waals surface area contributed by atoms with E-state index in [2.05, 4.69) is 14.5 Å². The molecule has 0 aliphatic carbocycles. The van der Waals surface area contributed by atoms with Crippen molar-refractivity contribution in [3.05, 3.63) is 59.7 Å². The Morgan fingerprint density at radius 2 is 1.57 bits per heavy atom. The van der Waals surface area contributed by atoms with E-state index < -0.39 is 24.7 Å². The van der Waals surface area contributed by atoms with Crippen LogP contribution in [0, 0.1) is 0 Å². The molecule has 1 atom stereocenters. The van der Waals surface area contributed by atoms with Crippen molar-refractivity contribution in [3.8, 4) is 11.5 Å². The van der Waals surface area contributed by atoms with Gasteiger partial charge in [0.1, 0.15) is 11.5 Å². The molecule has 1 aliphatic heterocycles. The van der Waals surface area contributed by atoms with Crippen molar-refractivity contribution in [2.45, 2.75) is 18.8 Å². The Morgan fingerprint density at radius 1 is 0.964 bits per heavy atom. The number of rotatable bonds is 6. The second kappa shape index (κ2) is 7.37. The summed E-state index contributed by atoms with van der Waals surface area (Å²) < 4.78 is 58.6. The lowest BCUT2D eigenvalue weighted by Crippen LogP contribution is -2.41. The zero-order chi connectivity index (χ0) is 20.5. The summed E-state index contributed by atoms with van der Waals surface area (Å²) >= 11 is 0. The lowest BCUT2D eigenvalue weighted by Gasteiger charge is -2.26. The summed E-state index contributed by atoms with van der Waals surface area (Å²) in [4.78, 5) is 18.4. The number of hydrogen-bond donors (Lipinski definition) is 1. The molecule has 0 fully saturated rings. The number of carbonyl (C=O) groups is 1. The minimum atomic E-state index is -3.05. The van der Waals surface area contributed by atoms with Crippen molar-refractivity contribution >= 4 is 11.9 Å². The van der Waals surface area contributed by atoms with Gasteiger partial charge in [-0.25, -0.2) is 4.99 Å². The highest BCUT2D eigenvalue weighted by atomic mass is 19.3. The highest BCUT2D eigenvalue weighted by Crippen LogP contribution is 2.41. The quantitative estimate of drug-likeness (QED) is 0.761. The Labute approximate surface area is 157 Å². The van der Waals surface area contributed by atoms with Crippen LogP contribution in [0.1, 0.15) is 11.1 Å². The SMILES string of the molecule is CN1C(=O)[C@@](c2ccc(OC(F)F)cc2)(c2cccc(OC(F)F)c2)N=C1N. The Hall–Kier alpha value is -3.30. The van der Waals surface area contributed by atoms with Gasteiger partial charge in [0.2, 0.25) is 0 Å². The van der Waals surface area contributed by atoms with Crippen LogP contribution in [0.15, 0.2) is 53.5 Å². The molecule has 28 heavy (non-hydrogen) atoms. The van der Waals surface area contributed by atoms with Crippen molar-refractivity contribution in [1.29, 1.82) is 0 Å². The summed E-state index contributed by atoms with van der Waals surface area (Å²) in [5, 5.41) is 0. The molecule has 1 heterocycles. The number of hydrogen-bond acceptors (Lipinski definition) is 5. The molecule has 3 rings (SSSR count).